The molecule has 0 bridgehead atoms. The predicted molar refractivity (Wildman–Crippen MR) is 60.8 cm³/mol. The van der Waals surface area contributed by atoms with E-state index in [0.29, 0.717) is 0 Å². The Kier molecular flexibility index (Phi) is 3.38. The first-order chi connectivity index (χ1) is 8.16. The van der Waals surface area contributed by atoms with Gasteiger partial charge in [0.05, 0.1) is 11.1 Å². The molecule has 1 fully saturated rings. The minimum Gasteiger partial charge on any atom is -0.351 e. The smallest absolute Gasteiger partial charge is 0.287 e. The molecule has 0 aliphatic carbocycles. The van der Waals surface area contributed by atoms with E-state index in [2.05, 4.69) is 15.6 Å². The minimum absolute atomic E-state index is 0.0959. The molecule has 1 aromatic heterocycles. The second-order valence-corrected chi connectivity index (χ2v) is 4.05. The lowest BCUT2D eigenvalue weighted by atomic mass is 10.1. The quantitative estimate of drug-likeness (QED) is 0.524. The van der Waals surface area contributed by atoms with Crippen LogP contribution in [0.2, 0.25) is 0 Å². The fourth-order valence-corrected chi connectivity index (χ4v) is 1.86. The highest BCUT2D eigenvalue weighted by atomic mass is 16.6. The predicted octanol–water partition coefficient (Wildman–Crippen LogP) is 0.405. The number of nitro groups is 1. The molecule has 3 N–H and O–H groups in total. The van der Waals surface area contributed by atoms with Gasteiger partial charge in [0, 0.05) is 18.7 Å². The highest BCUT2D eigenvalue weighted by molar-refractivity contribution is 5.93. The van der Waals surface area contributed by atoms with Gasteiger partial charge < -0.3 is 15.6 Å². The topological polar surface area (TPSA) is 100 Å². The van der Waals surface area contributed by atoms with Crippen LogP contribution in [0.1, 0.15) is 23.3 Å². The van der Waals surface area contributed by atoms with Crippen molar-refractivity contribution < 1.29 is 9.72 Å². The van der Waals surface area contributed by atoms with Gasteiger partial charge in [-0.25, -0.2) is 0 Å². The molecule has 1 saturated heterocycles. The Morgan fingerprint density at radius 2 is 2.41 bits per heavy atom. The number of aromatic nitrogens is 1. The van der Waals surface area contributed by atoms with Crippen LogP contribution in [0.4, 0.5) is 5.69 Å². The van der Waals surface area contributed by atoms with Gasteiger partial charge in [-0.2, -0.15) is 0 Å². The average Bonchev–Trinajstić information content (AvgIpc) is 2.79. The molecule has 1 unspecified atom stereocenters. The van der Waals surface area contributed by atoms with E-state index in [0.717, 1.165) is 25.9 Å². The summed E-state index contributed by atoms with van der Waals surface area (Å²) in [6.45, 7) is 1.72. The zero-order chi connectivity index (χ0) is 12.3. The molecule has 2 heterocycles. The Labute approximate surface area is 97.7 Å². The third-order valence-corrected chi connectivity index (χ3v) is 2.76. The largest absolute Gasteiger partial charge is 0.351 e. The lowest BCUT2D eigenvalue weighted by Gasteiger charge is -2.23. The molecule has 92 valence electrons. The van der Waals surface area contributed by atoms with Crippen LogP contribution in [0.5, 0.6) is 0 Å². The van der Waals surface area contributed by atoms with Crippen LogP contribution in [0.25, 0.3) is 0 Å². The van der Waals surface area contributed by atoms with Crippen molar-refractivity contribution in [3.05, 3.63) is 28.1 Å². The fraction of sp³-hybridized carbons (Fsp3) is 0.500. The van der Waals surface area contributed by atoms with Crippen molar-refractivity contribution in [2.24, 2.45) is 0 Å². The van der Waals surface area contributed by atoms with Crippen molar-refractivity contribution >= 4 is 11.6 Å². The third kappa shape index (κ3) is 2.82. The molecule has 7 nitrogen and oxygen atoms in total. The zero-order valence-electron chi connectivity index (χ0n) is 9.23. The fourth-order valence-electron chi connectivity index (χ4n) is 1.86. The zero-order valence-corrected chi connectivity index (χ0v) is 9.23. The standard InChI is InChI=1S/C10H14N4O3/c15-10(13-7-2-1-3-11-5-7)9-4-8(6-12-9)14(16)17/h4,6-7,11-12H,1-3,5H2,(H,13,15). The number of hydrogen-bond donors (Lipinski definition) is 3. The maximum absolute atomic E-state index is 11.8. The van der Waals surface area contributed by atoms with Crippen molar-refractivity contribution in [1.82, 2.24) is 15.6 Å². The summed E-state index contributed by atoms with van der Waals surface area (Å²) in [6, 6.07) is 1.34. The van der Waals surface area contributed by atoms with Crippen molar-refractivity contribution in [2.75, 3.05) is 13.1 Å². The Morgan fingerprint density at radius 1 is 1.59 bits per heavy atom. The monoisotopic (exact) mass is 238 g/mol. The molecule has 0 radical (unpaired) electrons. The number of hydrogen-bond acceptors (Lipinski definition) is 4. The average molecular weight is 238 g/mol. The molecule has 0 aromatic carbocycles. The van der Waals surface area contributed by atoms with Crippen LogP contribution in [-0.2, 0) is 0 Å². The van der Waals surface area contributed by atoms with E-state index in [4.69, 9.17) is 0 Å². The Hall–Kier alpha value is -1.89. The number of piperidine rings is 1. The summed E-state index contributed by atoms with van der Waals surface area (Å²) in [7, 11) is 0. The molecule has 17 heavy (non-hydrogen) atoms. The van der Waals surface area contributed by atoms with E-state index in [1.54, 1.807) is 0 Å². The van der Waals surface area contributed by atoms with Gasteiger partial charge in [0.15, 0.2) is 0 Å². The van der Waals surface area contributed by atoms with Gasteiger partial charge in [-0.05, 0) is 19.4 Å². The number of carbonyl (C=O) groups is 1. The van der Waals surface area contributed by atoms with Gasteiger partial charge >= 0.3 is 0 Å². The van der Waals surface area contributed by atoms with Gasteiger partial charge in [-0.15, -0.1) is 0 Å². The summed E-state index contributed by atoms with van der Waals surface area (Å²) in [4.78, 5) is 24.3. The van der Waals surface area contributed by atoms with Crippen LogP contribution < -0.4 is 10.6 Å². The third-order valence-electron chi connectivity index (χ3n) is 2.76. The maximum Gasteiger partial charge on any atom is 0.287 e. The molecule has 1 amide bonds. The molecule has 7 heteroatoms. The van der Waals surface area contributed by atoms with Crippen LogP contribution in [0.3, 0.4) is 0 Å². The molecule has 1 aliphatic rings. The highest BCUT2D eigenvalue weighted by Gasteiger charge is 2.19. The van der Waals surface area contributed by atoms with E-state index in [1.807, 2.05) is 0 Å². The van der Waals surface area contributed by atoms with Crippen molar-refractivity contribution in [1.29, 1.82) is 0 Å². The van der Waals surface area contributed by atoms with Gasteiger partial charge in [0.25, 0.3) is 11.6 Å². The number of amides is 1. The molecule has 1 aromatic rings. The Morgan fingerprint density at radius 3 is 3.00 bits per heavy atom. The summed E-state index contributed by atoms with van der Waals surface area (Å²) in [6.07, 6.45) is 3.17. The van der Waals surface area contributed by atoms with E-state index >= 15 is 0 Å². The lowest BCUT2D eigenvalue weighted by Crippen LogP contribution is -2.45. The number of nitrogens with zero attached hydrogens (tertiary/aromatic N) is 1. The molecule has 0 spiro atoms. The van der Waals surface area contributed by atoms with Crippen LogP contribution >= 0.6 is 0 Å². The van der Waals surface area contributed by atoms with E-state index in [9.17, 15) is 14.9 Å². The first kappa shape index (κ1) is 11.6. The molecule has 2 rings (SSSR count). The minimum atomic E-state index is -0.532. The number of aromatic amines is 1. The summed E-state index contributed by atoms with van der Waals surface area (Å²) in [5, 5.41) is 16.5. The molecule has 1 atom stereocenters. The summed E-state index contributed by atoms with van der Waals surface area (Å²) in [5.74, 6) is -0.299. The first-order valence-electron chi connectivity index (χ1n) is 5.51. The number of H-pyrrole nitrogens is 1. The number of rotatable bonds is 3. The SMILES string of the molecule is O=C(NC1CCCNC1)c1cc([N+](=O)[O-])c[nH]1. The second kappa shape index (κ2) is 4.96. The number of nitrogens with one attached hydrogen (secondary N) is 3. The lowest BCUT2D eigenvalue weighted by molar-refractivity contribution is -0.384. The molecule has 0 saturated carbocycles. The van der Waals surface area contributed by atoms with Gasteiger partial charge in [-0.3, -0.25) is 14.9 Å². The summed E-state index contributed by atoms with van der Waals surface area (Å²) >= 11 is 0. The first-order valence-corrected chi connectivity index (χ1v) is 5.51. The van der Waals surface area contributed by atoms with Gasteiger partial charge in [-0.1, -0.05) is 0 Å². The summed E-state index contributed by atoms with van der Waals surface area (Å²) in [5.41, 5.74) is 0.124. The molecular weight excluding hydrogens is 224 g/mol. The van der Waals surface area contributed by atoms with Crippen molar-refractivity contribution in [2.45, 2.75) is 18.9 Å². The van der Waals surface area contributed by atoms with E-state index < -0.39 is 4.92 Å². The van der Waals surface area contributed by atoms with Gasteiger partial charge in [0.1, 0.15) is 5.69 Å². The normalized spacial score (nSPS) is 19.9. The van der Waals surface area contributed by atoms with Crippen molar-refractivity contribution in [3.8, 4) is 0 Å². The van der Waals surface area contributed by atoms with E-state index in [1.165, 1.54) is 12.3 Å². The van der Waals surface area contributed by atoms with E-state index in [-0.39, 0.29) is 23.3 Å². The summed E-state index contributed by atoms with van der Waals surface area (Å²) < 4.78 is 0. The number of carbonyl (C=O) groups excluding carboxylic acids is 1. The Balaban J connectivity index is 1.96. The maximum atomic E-state index is 11.8. The van der Waals surface area contributed by atoms with Crippen LogP contribution in [0.15, 0.2) is 12.3 Å². The van der Waals surface area contributed by atoms with Crippen LogP contribution in [-0.4, -0.2) is 34.9 Å². The van der Waals surface area contributed by atoms with Gasteiger partial charge in [0.2, 0.25) is 0 Å². The van der Waals surface area contributed by atoms with Crippen molar-refractivity contribution in [3.63, 3.8) is 0 Å². The van der Waals surface area contributed by atoms with Crippen LogP contribution in [0, 0.1) is 10.1 Å². The second-order valence-electron chi connectivity index (χ2n) is 4.05. The highest BCUT2D eigenvalue weighted by Crippen LogP contribution is 2.12. The molecular formula is C10H14N4O3. The Bertz CT molecular complexity index is 423. The molecule has 1 aliphatic heterocycles.